The molecule has 0 aromatic carbocycles. The summed E-state index contributed by atoms with van der Waals surface area (Å²) < 4.78 is 5.21. The van der Waals surface area contributed by atoms with Gasteiger partial charge in [0.1, 0.15) is 6.10 Å². The number of rotatable bonds is 1. The van der Waals surface area contributed by atoms with E-state index in [0.717, 1.165) is 12.8 Å². The number of carbonyl (C=O) groups is 1. The van der Waals surface area contributed by atoms with Crippen molar-refractivity contribution in [1.29, 1.82) is 0 Å². The van der Waals surface area contributed by atoms with E-state index in [1.165, 1.54) is 6.42 Å². The zero-order valence-corrected chi connectivity index (χ0v) is 9.73. The Morgan fingerprint density at radius 1 is 1.43 bits per heavy atom. The summed E-state index contributed by atoms with van der Waals surface area (Å²) in [4.78, 5) is 10.8. The quantitative estimate of drug-likeness (QED) is 0.627. The fourth-order valence-corrected chi connectivity index (χ4v) is 3.53. The van der Waals surface area contributed by atoms with E-state index < -0.39 is 5.43 Å². The molecule has 0 N–H and O–H groups in total. The second-order valence-electron chi connectivity index (χ2n) is 5.45. The van der Waals surface area contributed by atoms with Crippen molar-refractivity contribution in [3.63, 3.8) is 0 Å². The van der Waals surface area contributed by atoms with Gasteiger partial charge in [0.15, 0.2) is 0 Å². The highest BCUT2D eigenvalue weighted by atomic mass is 35.5. The Bertz CT molecular complexity index is 274. The van der Waals surface area contributed by atoms with Crippen LogP contribution in [0.4, 0.5) is 4.79 Å². The molecule has 0 aromatic rings. The largest absolute Gasteiger partial charge is 0.450 e. The zero-order chi connectivity index (χ0) is 10.6. The van der Waals surface area contributed by atoms with E-state index in [1.807, 2.05) is 0 Å². The van der Waals surface area contributed by atoms with Crippen LogP contribution in [-0.2, 0) is 4.74 Å². The van der Waals surface area contributed by atoms with E-state index in [-0.39, 0.29) is 16.9 Å². The number of fused-ring (bicyclic) bond motifs is 2. The van der Waals surface area contributed by atoms with Gasteiger partial charge in [-0.3, -0.25) is 0 Å². The van der Waals surface area contributed by atoms with Crippen LogP contribution in [0.5, 0.6) is 0 Å². The predicted molar refractivity (Wildman–Crippen MR) is 55.4 cm³/mol. The summed E-state index contributed by atoms with van der Waals surface area (Å²) in [6.07, 6.45) is 3.43. The molecule has 2 saturated carbocycles. The van der Waals surface area contributed by atoms with Gasteiger partial charge in [0, 0.05) is 17.0 Å². The first-order chi connectivity index (χ1) is 6.38. The molecule has 0 aliphatic heterocycles. The molecule has 0 aromatic heterocycles. The summed E-state index contributed by atoms with van der Waals surface area (Å²) >= 11 is 5.29. The first kappa shape index (κ1) is 10.3. The third-order valence-corrected chi connectivity index (χ3v) is 5.04. The minimum Gasteiger partial charge on any atom is -0.450 e. The average Bonchev–Trinajstić information content (AvgIpc) is 2.35. The molecule has 0 radical (unpaired) electrons. The van der Waals surface area contributed by atoms with Crippen molar-refractivity contribution in [2.45, 2.75) is 46.1 Å². The molecule has 0 heterocycles. The van der Waals surface area contributed by atoms with Gasteiger partial charge in [0.2, 0.25) is 0 Å². The van der Waals surface area contributed by atoms with Crippen LogP contribution >= 0.6 is 11.6 Å². The van der Waals surface area contributed by atoms with Crippen LogP contribution in [0.15, 0.2) is 0 Å². The van der Waals surface area contributed by atoms with Crippen molar-refractivity contribution in [2.24, 2.45) is 16.7 Å². The summed E-state index contributed by atoms with van der Waals surface area (Å²) in [7, 11) is 0. The molecule has 14 heavy (non-hydrogen) atoms. The molecule has 0 unspecified atom stereocenters. The molecule has 0 saturated heterocycles. The summed E-state index contributed by atoms with van der Waals surface area (Å²) in [6.45, 7) is 6.80. The monoisotopic (exact) mass is 216 g/mol. The Labute approximate surface area is 90.0 Å². The third-order valence-electron chi connectivity index (χ3n) is 4.95. The molecule has 2 rings (SSSR count). The van der Waals surface area contributed by atoms with Gasteiger partial charge in [0.05, 0.1) is 0 Å². The number of ether oxygens (including phenoxy) is 1. The highest BCUT2D eigenvalue weighted by molar-refractivity contribution is 6.61. The number of hydrogen-bond donors (Lipinski definition) is 0. The van der Waals surface area contributed by atoms with Crippen molar-refractivity contribution in [1.82, 2.24) is 0 Å². The van der Waals surface area contributed by atoms with Crippen LogP contribution in [0.25, 0.3) is 0 Å². The third kappa shape index (κ3) is 1.13. The zero-order valence-electron chi connectivity index (χ0n) is 8.97. The minimum absolute atomic E-state index is 0.0289. The normalized spacial score (nSPS) is 44.0. The van der Waals surface area contributed by atoms with Gasteiger partial charge in [-0.2, -0.15) is 0 Å². The average molecular weight is 217 g/mol. The molecular formula is C11H17ClO2. The van der Waals surface area contributed by atoms with Crippen LogP contribution < -0.4 is 0 Å². The standard InChI is InChI=1S/C11H17ClO2/c1-10(2)7-4-5-11(10,3)8(6-7)14-9(12)13/h7-8H,4-6H2,1-3H3/t7-,8+,11+/m0/s1. The summed E-state index contributed by atoms with van der Waals surface area (Å²) in [5, 5.41) is 0. The smallest absolute Gasteiger partial charge is 0.404 e. The highest BCUT2D eigenvalue weighted by Gasteiger charge is 2.62. The van der Waals surface area contributed by atoms with E-state index in [0.29, 0.717) is 5.92 Å². The minimum atomic E-state index is -0.653. The molecule has 0 amide bonds. The summed E-state index contributed by atoms with van der Waals surface area (Å²) in [5.41, 5.74) is -0.244. The van der Waals surface area contributed by atoms with Gasteiger partial charge < -0.3 is 4.74 Å². The summed E-state index contributed by atoms with van der Waals surface area (Å²) in [5.74, 6) is 0.688. The van der Waals surface area contributed by atoms with Gasteiger partial charge in [-0.05, 0) is 30.6 Å². The lowest BCUT2D eigenvalue weighted by Crippen LogP contribution is -2.37. The van der Waals surface area contributed by atoms with E-state index in [4.69, 9.17) is 16.3 Å². The van der Waals surface area contributed by atoms with Crippen LogP contribution in [0.3, 0.4) is 0 Å². The van der Waals surface area contributed by atoms with Crippen molar-refractivity contribution >= 4 is 17.0 Å². The molecule has 0 spiro atoms. The fraction of sp³-hybridized carbons (Fsp3) is 0.909. The highest BCUT2D eigenvalue weighted by Crippen LogP contribution is 2.66. The Kier molecular flexibility index (Phi) is 2.11. The van der Waals surface area contributed by atoms with Gasteiger partial charge in [0.25, 0.3) is 0 Å². The maximum Gasteiger partial charge on any atom is 0.404 e. The second kappa shape index (κ2) is 2.88. The molecule has 2 aliphatic rings. The summed E-state index contributed by atoms with van der Waals surface area (Å²) in [6, 6.07) is 0. The van der Waals surface area contributed by atoms with E-state index in [1.54, 1.807) is 0 Å². The lowest BCUT2D eigenvalue weighted by atomic mass is 9.70. The van der Waals surface area contributed by atoms with Crippen molar-refractivity contribution in [3.8, 4) is 0 Å². The lowest BCUT2D eigenvalue weighted by Gasteiger charge is -2.38. The van der Waals surface area contributed by atoms with Gasteiger partial charge in [-0.25, -0.2) is 4.79 Å². The lowest BCUT2D eigenvalue weighted by molar-refractivity contribution is 0.00612. The Morgan fingerprint density at radius 2 is 2.07 bits per heavy atom. The first-order valence-electron chi connectivity index (χ1n) is 5.24. The maximum absolute atomic E-state index is 10.8. The molecule has 2 nitrogen and oxygen atoms in total. The molecule has 80 valence electrons. The van der Waals surface area contributed by atoms with Gasteiger partial charge >= 0.3 is 5.43 Å². The first-order valence-corrected chi connectivity index (χ1v) is 5.62. The molecular weight excluding hydrogens is 200 g/mol. The molecule has 2 aliphatic carbocycles. The fourth-order valence-electron chi connectivity index (χ4n) is 3.42. The molecule has 2 bridgehead atoms. The number of carbonyl (C=O) groups excluding carboxylic acids is 1. The van der Waals surface area contributed by atoms with Gasteiger partial charge in [-0.1, -0.05) is 20.8 Å². The van der Waals surface area contributed by atoms with Crippen LogP contribution in [0, 0.1) is 16.7 Å². The van der Waals surface area contributed by atoms with Crippen molar-refractivity contribution in [3.05, 3.63) is 0 Å². The van der Waals surface area contributed by atoms with Crippen molar-refractivity contribution in [2.75, 3.05) is 0 Å². The Morgan fingerprint density at radius 3 is 2.43 bits per heavy atom. The number of hydrogen-bond acceptors (Lipinski definition) is 2. The van der Waals surface area contributed by atoms with E-state index in [2.05, 4.69) is 20.8 Å². The maximum atomic E-state index is 10.8. The second-order valence-corrected chi connectivity index (χ2v) is 5.76. The van der Waals surface area contributed by atoms with E-state index in [9.17, 15) is 4.79 Å². The molecule has 3 atom stereocenters. The Hall–Kier alpha value is -0.240. The molecule has 3 heteroatoms. The predicted octanol–water partition coefficient (Wildman–Crippen LogP) is 3.58. The van der Waals surface area contributed by atoms with Crippen LogP contribution in [0.2, 0.25) is 0 Å². The SMILES string of the molecule is CC1(C)[C@H]2CC[C@]1(C)[C@H](OC(=O)Cl)C2. The molecule has 2 fully saturated rings. The Balaban J connectivity index is 2.23. The van der Waals surface area contributed by atoms with Gasteiger partial charge in [-0.15, -0.1) is 0 Å². The van der Waals surface area contributed by atoms with Crippen LogP contribution in [0.1, 0.15) is 40.0 Å². The van der Waals surface area contributed by atoms with Crippen LogP contribution in [-0.4, -0.2) is 11.5 Å². The number of halogens is 1. The van der Waals surface area contributed by atoms with E-state index >= 15 is 0 Å². The van der Waals surface area contributed by atoms with Crippen molar-refractivity contribution < 1.29 is 9.53 Å². The topological polar surface area (TPSA) is 26.3 Å².